The van der Waals surface area contributed by atoms with Crippen LogP contribution in [0, 0.1) is 0 Å². The van der Waals surface area contributed by atoms with E-state index in [-0.39, 0.29) is 27.9 Å². The van der Waals surface area contributed by atoms with E-state index in [9.17, 15) is 9.59 Å². The minimum absolute atomic E-state index is 0.0285. The molecule has 0 amide bonds. The molecular weight excluding hydrogens is 395 g/mol. The zero-order chi connectivity index (χ0) is 19.4. The standard InChI is InChI=1S/C16H14Cl2N6O3/c1-2-7-23-13(20-21-22-23)9-27-16(26)10-5-3-4-6-12(10)24-15(25)14(18)11(17)8-19-24/h3-6,8H,2,7,9H2,1H3. The molecule has 0 aliphatic carbocycles. The number of carbonyl (C=O) groups excluding carboxylic acids is 1. The lowest BCUT2D eigenvalue weighted by atomic mass is 10.2. The third-order valence-corrected chi connectivity index (χ3v) is 4.35. The first-order valence-corrected chi connectivity index (χ1v) is 8.73. The molecule has 11 heteroatoms. The van der Waals surface area contributed by atoms with Crippen LogP contribution in [0.5, 0.6) is 0 Å². The van der Waals surface area contributed by atoms with Gasteiger partial charge in [-0.25, -0.2) is 9.48 Å². The molecule has 0 N–H and O–H groups in total. The SMILES string of the molecule is CCCn1nnnc1COC(=O)c1ccccc1-n1ncc(Cl)c(Cl)c1=O. The van der Waals surface area contributed by atoms with Gasteiger partial charge >= 0.3 is 5.97 Å². The van der Waals surface area contributed by atoms with Gasteiger partial charge in [-0.05, 0) is 29.0 Å². The second-order valence-corrected chi connectivity index (χ2v) is 6.22. The van der Waals surface area contributed by atoms with Crippen LogP contribution in [0.25, 0.3) is 5.69 Å². The lowest BCUT2D eigenvalue weighted by molar-refractivity contribution is 0.0456. The average molecular weight is 409 g/mol. The summed E-state index contributed by atoms with van der Waals surface area (Å²) in [6.45, 7) is 2.48. The summed E-state index contributed by atoms with van der Waals surface area (Å²) in [7, 11) is 0. The summed E-state index contributed by atoms with van der Waals surface area (Å²) in [5, 5.41) is 15.0. The molecule has 0 bridgehead atoms. The molecule has 0 unspecified atom stereocenters. The van der Waals surface area contributed by atoms with Gasteiger partial charge in [0.1, 0.15) is 5.02 Å². The fourth-order valence-corrected chi connectivity index (χ4v) is 2.59. The van der Waals surface area contributed by atoms with E-state index in [1.165, 1.54) is 12.3 Å². The van der Waals surface area contributed by atoms with Crippen molar-refractivity contribution < 1.29 is 9.53 Å². The molecule has 2 aromatic heterocycles. The van der Waals surface area contributed by atoms with Crippen LogP contribution in [0.15, 0.2) is 35.3 Å². The van der Waals surface area contributed by atoms with Crippen LogP contribution in [0.4, 0.5) is 0 Å². The monoisotopic (exact) mass is 408 g/mol. The minimum atomic E-state index is -0.656. The Balaban J connectivity index is 1.88. The third kappa shape index (κ3) is 3.99. The van der Waals surface area contributed by atoms with Crippen LogP contribution in [0.1, 0.15) is 29.5 Å². The molecule has 0 aliphatic rings. The Bertz CT molecular complexity index is 1030. The van der Waals surface area contributed by atoms with E-state index in [2.05, 4.69) is 20.6 Å². The Morgan fingerprint density at radius 1 is 1.26 bits per heavy atom. The summed E-state index contributed by atoms with van der Waals surface area (Å²) in [5.74, 6) is -0.232. The van der Waals surface area contributed by atoms with Crippen LogP contribution < -0.4 is 5.56 Å². The van der Waals surface area contributed by atoms with E-state index >= 15 is 0 Å². The van der Waals surface area contributed by atoms with Crippen molar-refractivity contribution in [3.05, 3.63) is 62.2 Å². The Morgan fingerprint density at radius 2 is 2.04 bits per heavy atom. The van der Waals surface area contributed by atoms with Gasteiger partial charge in [-0.3, -0.25) is 4.79 Å². The second kappa shape index (κ2) is 8.28. The summed E-state index contributed by atoms with van der Waals surface area (Å²) in [6.07, 6.45) is 2.06. The van der Waals surface area contributed by atoms with E-state index in [0.717, 1.165) is 11.1 Å². The highest BCUT2D eigenvalue weighted by Crippen LogP contribution is 2.18. The molecule has 2 heterocycles. The molecule has 0 saturated heterocycles. The quantitative estimate of drug-likeness (QED) is 0.576. The molecule has 3 rings (SSSR count). The van der Waals surface area contributed by atoms with Gasteiger partial charge in [-0.2, -0.15) is 9.78 Å². The molecular formula is C16H14Cl2N6O3. The van der Waals surface area contributed by atoms with Gasteiger partial charge in [-0.15, -0.1) is 5.10 Å². The van der Waals surface area contributed by atoms with Crippen molar-refractivity contribution in [3.63, 3.8) is 0 Å². The molecule has 0 saturated carbocycles. The van der Waals surface area contributed by atoms with E-state index < -0.39 is 11.5 Å². The number of halogens is 2. The Kier molecular flexibility index (Phi) is 5.82. The number of rotatable bonds is 6. The minimum Gasteiger partial charge on any atom is -0.454 e. The van der Waals surface area contributed by atoms with Gasteiger partial charge in [0.05, 0.1) is 22.5 Å². The number of carbonyl (C=O) groups is 1. The van der Waals surface area contributed by atoms with Crippen LogP contribution in [-0.4, -0.2) is 36.0 Å². The van der Waals surface area contributed by atoms with Crippen molar-refractivity contribution in [1.29, 1.82) is 0 Å². The molecule has 0 aliphatic heterocycles. The normalized spacial score (nSPS) is 10.8. The highest BCUT2D eigenvalue weighted by Gasteiger charge is 2.18. The molecule has 140 valence electrons. The number of benzene rings is 1. The van der Waals surface area contributed by atoms with E-state index in [0.29, 0.717) is 12.4 Å². The predicted octanol–water partition coefficient (Wildman–Crippen LogP) is 2.29. The Morgan fingerprint density at radius 3 is 2.81 bits per heavy atom. The van der Waals surface area contributed by atoms with Crippen LogP contribution in [0.2, 0.25) is 10.0 Å². The summed E-state index contributed by atoms with van der Waals surface area (Å²) in [6, 6.07) is 6.37. The second-order valence-electron chi connectivity index (χ2n) is 5.43. The lowest BCUT2D eigenvalue weighted by Gasteiger charge is -2.11. The number of esters is 1. The van der Waals surface area contributed by atoms with Crippen molar-refractivity contribution in [2.75, 3.05) is 0 Å². The highest BCUT2D eigenvalue weighted by molar-refractivity contribution is 6.41. The maximum Gasteiger partial charge on any atom is 0.340 e. The van der Waals surface area contributed by atoms with Crippen molar-refractivity contribution in [2.24, 2.45) is 0 Å². The van der Waals surface area contributed by atoms with Crippen molar-refractivity contribution >= 4 is 29.2 Å². The maximum absolute atomic E-state index is 12.6. The summed E-state index contributed by atoms with van der Waals surface area (Å²) >= 11 is 11.7. The smallest absolute Gasteiger partial charge is 0.340 e. The molecule has 0 fully saturated rings. The van der Waals surface area contributed by atoms with Crippen LogP contribution in [0.3, 0.4) is 0 Å². The Labute approximate surface area is 163 Å². The summed E-state index contributed by atoms with van der Waals surface area (Å²) in [5.41, 5.74) is -0.282. The van der Waals surface area contributed by atoms with Gasteiger partial charge in [0.25, 0.3) is 5.56 Å². The van der Waals surface area contributed by atoms with E-state index in [1.54, 1.807) is 22.9 Å². The number of nitrogens with zero attached hydrogens (tertiary/aromatic N) is 6. The van der Waals surface area contributed by atoms with Crippen molar-refractivity contribution in [2.45, 2.75) is 26.5 Å². The first kappa shape index (κ1) is 19.0. The van der Waals surface area contributed by atoms with Crippen LogP contribution in [-0.2, 0) is 17.9 Å². The fourth-order valence-electron chi connectivity index (χ4n) is 2.34. The average Bonchev–Trinajstić information content (AvgIpc) is 3.12. The fraction of sp³-hybridized carbons (Fsp3) is 0.250. The topological polar surface area (TPSA) is 105 Å². The number of para-hydroxylation sites is 1. The molecule has 27 heavy (non-hydrogen) atoms. The largest absolute Gasteiger partial charge is 0.454 e. The number of aryl methyl sites for hydroxylation is 1. The van der Waals surface area contributed by atoms with E-state index in [4.69, 9.17) is 27.9 Å². The van der Waals surface area contributed by atoms with Gasteiger partial charge in [0, 0.05) is 6.54 Å². The summed E-state index contributed by atoms with van der Waals surface area (Å²) in [4.78, 5) is 24.9. The summed E-state index contributed by atoms with van der Waals surface area (Å²) < 4.78 is 7.86. The van der Waals surface area contributed by atoms with Crippen molar-refractivity contribution in [1.82, 2.24) is 30.0 Å². The number of ether oxygens (including phenoxy) is 1. The number of tetrazole rings is 1. The molecule has 1 aromatic carbocycles. The van der Waals surface area contributed by atoms with Crippen LogP contribution >= 0.6 is 23.2 Å². The first-order chi connectivity index (χ1) is 13.0. The zero-order valence-electron chi connectivity index (χ0n) is 14.2. The lowest BCUT2D eigenvalue weighted by Crippen LogP contribution is -2.24. The Hall–Kier alpha value is -2.78. The van der Waals surface area contributed by atoms with Gasteiger partial charge < -0.3 is 4.74 Å². The highest BCUT2D eigenvalue weighted by atomic mass is 35.5. The zero-order valence-corrected chi connectivity index (χ0v) is 15.7. The van der Waals surface area contributed by atoms with Gasteiger partial charge in [0.2, 0.25) is 0 Å². The van der Waals surface area contributed by atoms with E-state index in [1.807, 2.05) is 6.92 Å². The van der Waals surface area contributed by atoms with Crippen molar-refractivity contribution in [3.8, 4) is 5.69 Å². The maximum atomic E-state index is 12.6. The molecule has 0 radical (unpaired) electrons. The predicted molar refractivity (Wildman–Crippen MR) is 97.1 cm³/mol. The first-order valence-electron chi connectivity index (χ1n) is 7.97. The molecule has 0 spiro atoms. The molecule has 0 atom stereocenters. The molecule has 3 aromatic rings. The number of hydrogen-bond donors (Lipinski definition) is 0. The number of aromatic nitrogens is 6. The number of hydrogen-bond acceptors (Lipinski definition) is 7. The third-order valence-electron chi connectivity index (χ3n) is 3.60. The van der Waals surface area contributed by atoms with Gasteiger partial charge in [0.15, 0.2) is 12.4 Å². The molecule has 9 nitrogen and oxygen atoms in total. The van der Waals surface area contributed by atoms with Gasteiger partial charge in [-0.1, -0.05) is 42.3 Å².